The summed E-state index contributed by atoms with van der Waals surface area (Å²) in [6.07, 6.45) is 2.47. The summed E-state index contributed by atoms with van der Waals surface area (Å²) >= 11 is 0. The molecule has 0 atom stereocenters. The normalized spacial score (nSPS) is 13.5. The summed E-state index contributed by atoms with van der Waals surface area (Å²) in [4.78, 5) is 2.58. The molecule has 0 radical (unpaired) electrons. The summed E-state index contributed by atoms with van der Waals surface area (Å²) in [6.45, 7) is 19.4. The Kier molecular flexibility index (Phi) is 6.57. The molecule has 0 saturated heterocycles. The van der Waals surface area contributed by atoms with Gasteiger partial charge in [0.15, 0.2) is 0 Å². The van der Waals surface area contributed by atoms with Crippen molar-refractivity contribution >= 4 is 0 Å². The van der Waals surface area contributed by atoms with E-state index in [4.69, 9.17) is 0 Å². The molecule has 0 heterocycles. The van der Waals surface area contributed by atoms with Crippen LogP contribution in [0, 0.1) is 0 Å². The summed E-state index contributed by atoms with van der Waals surface area (Å²) < 4.78 is 0. The molecule has 0 amide bonds. The van der Waals surface area contributed by atoms with E-state index in [0.717, 1.165) is 6.54 Å². The van der Waals surface area contributed by atoms with E-state index in [9.17, 15) is 0 Å². The lowest BCUT2D eigenvalue weighted by atomic mass is 10.0. The molecule has 0 rings (SSSR count). The average Bonchev–Trinajstić information content (AvgIpc) is 2.06. The van der Waals surface area contributed by atoms with Crippen molar-refractivity contribution in [3.05, 3.63) is 0 Å². The lowest BCUT2D eigenvalue weighted by molar-refractivity contribution is 0.134. The maximum Gasteiger partial charge on any atom is 0.0125 e. The zero-order chi connectivity index (χ0) is 12.8. The lowest BCUT2D eigenvalue weighted by Gasteiger charge is -2.35. The van der Waals surface area contributed by atoms with Gasteiger partial charge in [-0.05, 0) is 74.0 Å². The molecule has 0 aliphatic rings. The second kappa shape index (κ2) is 6.61. The molecule has 2 heteroatoms. The first-order chi connectivity index (χ1) is 7.17. The second-order valence-corrected chi connectivity index (χ2v) is 6.69. The molecule has 0 bridgehead atoms. The Morgan fingerprint density at radius 3 is 1.88 bits per heavy atom. The van der Waals surface area contributed by atoms with Gasteiger partial charge >= 0.3 is 0 Å². The molecular weight excluding hydrogens is 196 g/mol. The van der Waals surface area contributed by atoms with Gasteiger partial charge in [0, 0.05) is 11.1 Å². The van der Waals surface area contributed by atoms with Crippen molar-refractivity contribution < 1.29 is 0 Å². The average molecular weight is 228 g/mol. The molecule has 0 aromatic carbocycles. The summed E-state index contributed by atoms with van der Waals surface area (Å²) in [6, 6.07) is 0. The van der Waals surface area contributed by atoms with Crippen molar-refractivity contribution in [3.63, 3.8) is 0 Å². The Morgan fingerprint density at radius 1 is 0.938 bits per heavy atom. The first-order valence-corrected chi connectivity index (χ1v) is 6.67. The van der Waals surface area contributed by atoms with Crippen LogP contribution in [0.4, 0.5) is 0 Å². The van der Waals surface area contributed by atoms with Gasteiger partial charge in [0.05, 0.1) is 0 Å². The van der Waals surface area contributed by atoms with E-state index in [2.05, 4.69) is 58.7 Å². The number of hydrogen-bond donors (Lipinski definition) is 1. The van der Waals surface area contributed by atoms with Gasteiger partial charge in [0.1, 0.15) is 0 Å². The summed E-state index contributed by atoms with van der Waals surface area (Å²) in [5.41, 5.74) is 0.551. The lowest BCUT2D eigenvalue weighted by Crippen LogP contribution is -2.44. The van der Waals surface area contributed by atoms with Gasteiger partial charge in [-0.2, -0.15) is 0 Å². The number of nitrogens with zero attached hydrogens (tertiary/aromatic N) is 1. The Bertz CT molecular complexity index is 174. The molecule has 0 aliphatic heterocycles. The molecule has 0 aliphatic carbocycles. The molecule has 98 valence electrons. The zero-order valence-corrected chi connectivity index (χ0v) is 12.5. The molecule has 0 spiro atoms. The van der Waals surface area contributed by atoms with Crippen molar-refractivity contribution in [2.75, 3.05) is 19.6 Å². The predicted molar refractivity (Wildman–Crippen MR) is 74.0 cm³/mol. The van der Waals surface area contributed by atoms with Gasteiger partial charge in [-0.1, -0.05) is 6.92 Å². The smallest absolute Gasteiger partial charge is 0.0125 e. The Balaban J connectivity index is 3.86. The van der Waals surface area contributed by atoms with Crippen LogP contribution in [0.2, 0.25) is 0 Å². The first-order valence-electron chi connectivity index (χ1n) is 6.67. The minimum Gasteiger partial charge on any atom is -0.312 e. The SMILES string of the molecule is CCCN(CCCNC(C)(C)C)C(C)(C)C. The fourth-order valence-corrected chi connectivity index (χ4v) is 1.79. The van der Waals surface area contributed by atoms with Crippen LogP contribution in [0.1, 0.15) is 61.3 Å². The maximum atomic E-state index is 3.54. The Hall–Kier alpha value is -0.0800. The highest BCUT2D eigenvalue weighted by Gasteiger charge is 2.19. The fraction of sp³-hybridized carbons (Fsp3) is 1.00. The minimum atomic E-state index is 0.247. The fourth-order valence-electron chi connectivity index (χ4n) is 1.79. The molecular formula is C14H32N2. The molecule has 16 heavy (non-hydrogen) atoms. The number of nitrogens with one attached hydrogen (secondary N) is 1. The van der Waals surface area contributed by atoms with E-state index in [1.54, 1.807) is 0 Å². The van der Waals surface area contributed by atoms with Crippen molar-refractivity contribution in [1.82, 2.24) is 10.2 Å². The standard InChI is InChI=1S/C14H32N2/c1-8-11-16(14(5,6)7)12-9-10-15-13(2,3)4/h15H,8-12H2,1-7H3. The minimum absolute atomic E-state index is 0.247. The largest absolute Gasteiger partial charge is 0.312 e. The van der Waals surface area contributed by atoms with Crippen LogP contribution in [0.3, 0.4) is 0 Å². The van der Waals surface area contributed by atoms with E-state index < -0.39 is 0 Å². The molecule has 0 fully saturated rings. The van der Waals surface area contributed by atoms with Crippen LogP contribution >= 0.6 is 0 Å². The summed E-state index contributed by atoms with van der Waals surface area (Å²) in [5.74, 6) is 0. The van der Waals surface area contributed by atoms with Gasteiger partial charge in [0.2, 0.25) is 0 Å². The van der Waals surface area contributed by atoms with Gasteiger partial charge in [-0.3, -0.25) is 4.90 Å². The van der Waals surface area contributed by atoms with Gasteiger partial charge in [-0.25, -0.2) is 0 Å². The monoisotopic (exact) mass is 228 g/mol. The molecule has 0 unspecified atom stereocenters. The highest BCUT2D eigenvalue weighted by molar-refractivity contribution is 4.77. The van der Waals surface area contributed by atoms with E-state index in [0.29, 0.717) is 5.54 Å². The topological polar surface area (TPSA) is 15.3 Å². The summed E-state index contributed by atoms with van der Waals surface area (Å²) in [5, 5.41) is 3.54. The van der Waals surface area contributed by atoms with Crippen LogP contribution in [0.15, 0.2) is 0 Å². The molecule has 0 aromatic heterocycles. The highest BCUT2D eigenvalue weighted by Crippen LogP contribution is 2.13. The summed E-state index contributed by atoms with van der Waals surface area (Å²) in [7, 11) is 0. The molecule has 0 aromatic rings. The maximum absolute atomic E-state index is 3.54. The third kappa shape index (κ3) is 8.12. The van der Waals surface area contributed by atoms with Crippen LogP contribution < -0.4 is 5.32 Å². The second-order valence-electron chi connectivity index (χ2n) is 6.69. The predicted octanol–water partition coefficient (Wildman–Crippen LogP) is 3.28. The van der Waals surface area contributed by atoms with Crippen molar-refractivity contribution in [2.24, 2.45) is 0 Å². The van der Waals surface area contributed by atoms with E-state index >= 15 is 0 Å². The van der Waals surface area contributed by atoms with E-state index in [1.807, 2.05) is 0 Å². The Labute approximate surface area is 103 Å². The first kappa shape index (κ1) is 15.9. The van der Waals surface area contributed by atoms with E-state index in [1.165, 1.54) is 25.9 Å². The van der Waals surface area contributed by atoms with Gasteiger partial charge in [-0.15, -0.1) is 0 Å². The van der Waals surface area contributed by atoms with Crippen LogP contribution in [0.25, 0.3) is 0 Å². The zero-order valence-electron chi connectivity index (χ0n) is 12.5. The third-order valence-electron chi connectivity index (χ3n) is 2.70. The molecule has 2 nitrogen and oxygen atoms in total. The molecule has 0 saturated carbocycles. The van der Waals surface area contributed by atoms with Crippen molar-refractivity contribution in [1.29, 1.82) is 0 Å². The van der Waals surface area contributed by atoms with E-state index in [-0.39, 0.29) is 5.54 Å². The van der Waals surface area contributed by atoms with Crippen molar-refractivity contribution in [3.8, 4) is 0 Å². The van der Waals surface area contributed by atoms with Crippen LogP contribution in [-0.2, 0) is 0 Å². The van der Waals surface area contributed by atoms with Gasteiger partial charge < -0.3 is 5.32 Å². The molecule has 1 N–H and O–H groups in total. The third-order valence-corrected chi connectivity index (χ3v) is 2.70. The highest BCUT2D eigenvalue weighted by atomic mass is 15.2. The van der Waals surface area contributed by atoms with Gasteiger partial charge in [0.25, 0.3) is 0 Å². The Morgan fingerprint density at radius 2 is 1.50 bits per heavy atom. The van der Waals surface area contributed by atoms with Crippen LogP contribution in [-0.4, -0.2) is 35.6 Å². The van der Waals surface area contributed by atoms with Crippen LogP contribution in [0.5, 0.6) is 0 Å². The number of hydrogen-bond acceptors (Lipinski definition) is 2. The quantitative estimate of drug-likeness (QED) is 0.702. The number of rotatable bonds is 6. The van der Waals surface area contributed by atoms with Crippen molar-refractivity contribution in [2.45, 2.75) is 72.4 Å².